The predicted octanol–water partition coefficient (Wildman–Crippen LogP) is 9.82. The van der Waals surface area contributed by atoms with E-state index in [4.69, 9.17) is 19.4 Å². The standard InChI is InChI=1S/C42H48N6O4/c1-24-8-17-34(47(24)39(49)51-41(2,3)4)37-43-23-33(46-37)30-16-15-28-18-27(13-14-29(28)19-30)25-9-11-26(12-10-25)32-22-44-38(45-32)36-21-31-20-35(31)48(36)40(50)52-42(5,6)7/h9-16,18-19,22-24,31,34-36H,8,17,20-21H2,1-7H3,(H,43,46)(H,44,45)/t24?,31?,34-,35?,36-/m0/s1. The minimum atomic E-state index is -0.553. The number of benzene rings is 3. The van der Waals surface area contributed by atoms with Gasteiger partial charge in [-0.15, -0.1) is 0 Å². The van der Waals surface area contributed by atoms with Gasteiger partial charge in [-0.2, -0.15) is 0 Å². The van der Waals surface area contributed by atoms with Crippen LogP contribution in [0.15, 0.2) is 73.1 Å². The molecule has 2 amide bonds. The molecule has 3 unspecified atom stereocenters. The van der Waals surface area contributed by atoms with Crippen molar-refractivity contribution in [2.45, 2.75) is 110 Å². The van der Waals surface area contributed by atoms with Crippen LogP contribution >= 0.6 is 0 Å². The number of carbonyl (C=O) groups is 2. The highest BCUT2D eigenvalue weighted by atomic mass is 16.6. The Morgan fingerprint density at radius 3 is 1.81 bits per heavy atom. The second-order valence-electron chi connectivity index (χ2n) is 16.8. The van der Waals surface area contributed by atoms with Crippen molar-refractivity contribution < 1.29 is 19.1 Å². The third kappa shape index (κ3) is 6.66. The predicted molar refractivity (Wildman–Crippen MR) is 201 cm³/mol. The molecule has 3 fully saturated rings. The van der Waals surface area contributed by atoms with Gasteiger partial charge >= 0.3 is 12.2 Å². The molecule has 2 aliphatic heterocycles. The van der Waals surface area contributed by atoms with Crippen LogP contribution in [0.4, 0.5) is 9.59 Å². The van der Waals surface area contributed by atoms with Crippen molar-refractivity contribution in [1.29, 1.82) is 0 Å². The van der Waals surface area contributed by atoms with Crippen LogP contribution in [-0.4, -0.2) is 65.2 Å². The summed E-state index contributed by atoms with van der Waals surface area (Å²) in [5.41, 5.74) is 5.11. The van der Waals surface area contributed by atoms with Gasteiger partial charge in [0, 0.05) is 17.6 Å². The van der Waals surface area contributed by atoms with Crippen molar-refractivity contribution in [1.82, 2.24) is 29.7 Å². The summed E-state index contributed by atoms with van der Waals surface area (Å²) in [5.74, 6) is 2.13. The normalized spacial score (nSPS) is 22.9. The van der Waals surface area contributed by atoms with Gasteiger partial charge in [-0.3, -0.25) is 9.80 Å². The summed E-state index contributed by atoms with van der Waals surface area (Å²) in [6.45, 7) is 13.5. The molecule has 2 saturated heterocycles. The van der Waals surface area contributed by atoms with Gasteiger partial charge in [0.1, 0.15) is 22.9 Å². The number of aromatic amines is 2. The molecule has 10 heteroatoms. The fraction of sp³-hybridized carbons (Fsp3) is 0.429. The third-order valence-corrected chi connectivity index (χ3v) is 10.5. The summed E-state index contributed by atoms with van der Waals surface area (Å²) < 4.78 is 11.5. The topological polar surface area (TPSA) is 116 Å². The Morgan fingerprint density at radius 1 is 0.654 bits per heavy atom. The van der Waals surface area contributed by atoms with E-state index in [-0.39, 0.29) is 36.4 Å². The number of amides is 2. The number of ether oxygens (including phenoxy) is 2. The molecule has 4 heterocycles. The summed E-state index contributed by atoms with van der Waals surface area (Å²) in [5, 5.41) is 2.28. The van der Waals surface area contributed by atoms with E-state index >= 15 is 0 Å². The van der Waals surface area contributed by atoms with E-state index in [9.17, 15) is 9.59 Å². The van der Waals surface area contributed by atoms with Crippen LogP contribution in [-0.2, 0) is 9.47 Å². The van der Waals surface area contributed by atoms with Crippen molar-refractivity contribution in [2.75, 3.05) is 0 Å². The highest BCUT2D eigenvalue weighted by Crippen LogP contribution is 2.53. The number of carbonyl (C=O) groups excluding carboxylic acids is 2. The van der Waals surface area contributed by atoms with Gasteiger partial charge in [0.05, 0.1) is 35.9 Å². The van der Waals surface area contributed by atoms with Gasteiger partial charge in [-0.05, 0) is 120 Å². The van der Waals surface area contributed by atoms with Gasteiger partial charge in [0.2, 0.25) is 0 Å². The van der Waals surface area contributed by atoms with Crippen molar-refractivity contribution in [3.05, 3.63) is 84.7 Å². The van der Waals surface area contributed by atoms with Crippen molar-refractivity contribution >= 4 is 23.0 Å². The smallest absolute Gasteiger partial charge is 0.411 e. The zero-order chi connectivity index (χ0) is 36.5. The van der Waals surface area contributed by atoms with Crippen LogP contribution in [0.2, 0.25) is 0 Å². The Morgan fingerprint density at radius 2 is 1.17 bits per heavy atom. The Hall–Kier alpha value is -5.12. The van der Waals surface area contributed by atoms with Crippen molar-refractivity contribution in [2.24, 2.45) is 5.92 Å². The number of hydrogen-bond acceptors (Lipinski definition) is 6. The highest BCUT2D eigenvalue weighted by Gasteiger charge is 2.56. The molecular weight excluding hydrogens is 653 g/mol. The molecule has 0 bridgehead atoms. The SMILES string of the molecule is CC1CC[C@@H](c2ncc(-c3ccc4cc(-c5ccc(-c6cnc([C@@H]7CC8CC8N7C(=O)OC(C)(C)C)[nH]6)cc5)ccc4c3)[nH]2)N1C(=O)OC(C)(C)C. The number of fused-ring (bicyclic) bond motifs is 2. The number of hydrogen-bond donors (Lipinski definition) is 2. The number of imidazole rings is 2. The average molecular weight is 701 g/mol. The van der Waals surface area contributed by atoms with E-state index in [2.05, 4.69) is 77.6 Å². The first-order chi connectivity index (χ1) is 24.7. The molecular formula is C42H48N6O4. The van der Waals surface area contributed by atoms with Crippen molar-refractivity contribution in [3.8, 4) is 33.6 Å². The Labute approximate surface area is 304 Å². The third-order valence-electron chi connectivity index (χ3n) is 10.5. The van der Waals surface area contributed by atoms with Gasteiger partial charge in [-0.25, -0.2) is 19.6 Å². The van der Waals surface area contributed by atoms with E-state index < -0.39 is 11.2 Å². The monoisotopic (exact) mass is 700 g/mol. The molecule has 0 radical (unpaired) electrons. The molecule has 10 nitrogen and oxygen atoms in total. The van der Waals surface area contributed by atoms with Crippen LogP contribution in [0.1, 0.15) is 97.9 Å². The molecule has 3 aromatic carbocycles. The van der Waals surface area contributed by atoms with Crippen LogP contribution < -0.4 is 0 Å². The van der Waals surface area contributed by atoms with Gasteiger partial charge in [0.25, 0.3) is 0 Å². The van der Waals surface area contributed by atoms with E-state index in [0.29, 0.717) is 5.92 Å². The summed E-state index contributed by atoms with van der Waals surface area (Å²) in [6, 6.07) is 21.6. The van der Waals surface area contributed by atoms with Gasteiger partial charge in [-0.1, -0.05) is 48.5 Å². The molecule has 8 rings (SSSR count). The van der Waals surface area contributed by atoms with Crippen molar-refractivity contribution in [3.63, 3.8) is 0 Å². The van der Waals surface area contributed by atoms with Crippen LogP contribution in [0.5, 0.6) is 0 Å². The lowest BCUT2D eigenvalue weighted by atomic mass is 9.98. The number of nitrogens with zero attached hydrogens (tertiary/aromatic N) is 4. The van der Waals surface area contributed by atoms with Crippen LogP contribution in [0, 0.1) is 5.92 Å². The molecule has 5 atom stereocenters. The average Bonchev–Trinajstić information content (AvgIpc) is 3.57. The first-order valence-electron chi connectivity index (χ1n) is 18.5. The zero-order valence-electron chi connectivity index (χ0n) is 31.1. The molecule has 52 heavy (non-hydrogen) atoms. The molecule has 0 spiro atoms. The summed E-state index contributed by atoms with van der Waals surface area (Å²) >= 11 is 0. The maximum Gasteiger partial charge on any atom is 0.411 e. The molecule has 270 valence electrons. The first kappa shape index (κ1) is 34.0. The second kappa shape index (κ2) is 12.5. The molecule has 1 saturated carbocycles. The zero-order valence-corrected chi connectivity index (χ0v) is 31.1. The maximum absolute atomic E-state index is 13.1. The quantitative estimate of drug-likeness (QED) is 0.189. The first-order valence-corrected chi connectivity index (χ1v) is 18.5. The number of likely N-dealkylation sites (tertiary alicyclic amines) is 2. The minimum Gasteiger partial charge on any atom is -0.444 e. The highest BCUT2D eigenvalue weighted by molar-refractivity contribution is 5.90. The maximum atomic E-state index is 13.1. The van der Waals surface area contributed by atoms with E-state index in [1.807, 2.05) is 63.7 Å². The van der Waals surface area contributed by atoms with Crippen LogP contribution in [0.25, 0.3) is 44.4 Å². The van der Waals surface area contributed by atoms with Crippen LogP contribution in [0.3, 0.4) is 0 Å². The molecule has 3 aliphatic rings. The van der Waals surface area contributed by atoms with E-state index in [1.165, 1.54) is 0 Å². The number of nitrogens with one attached hydrogen (secondary N) is 2. The number of rotatable bonds is 5. The fourth-order valence-corrected chi connectivity index (χ4v) is 7.89. The molecule has 2 aromatic heterocycles. The molecule has 5 aromatic rings. The van der Waals surface area contributed by atoms with E-state index in [1.54, 1.807) is 0 Å². The summed E-state index contributed by atoms with van der Waals surface area (Å²) in [4.78, 5) is 46.3. The minimum absolute atomic E-state index is 0.0866. The molecule has 2 N–H and O–H groups in total. The van der Waals surface area contributed by atoms with E-state index in [0.717, 1.165) is 81.7 Å². The second-order valence-corrected chi connectivity index (χ2v) is 16.8. The number of piperidine rings is 1. The summed E-state index contributed by atoms with van der Waals surface area (Å²) in [6.07, 6.45) is 6.88. The lowest BCUT2D eigenvalue weighted by Crippen LogP contribution is -2.40. The lowest BCUT2D eigenvalue weighted by molar-refractivity contribution is 0.0147. The number of aromatic nitrogens is 4. The van der Waals surface area contributed by atoms with Gasteiger partial charge in [0.15, 0.2) is 0 Å². The Kier molecular flexibility index (Phi) is 8.19. The summed E-state index contributed by atoms with van der Waals surface area (Å²) in [7, 11) is 0. The van der Waals surface area contributed by atoms with Gasteiger partial charge < -0.3 is 19.4 Å². The largest absolute Gasteiger partial charge is 0.444 e. The lowest BCUT2D eigenvalue weighted by Gasteiger charge is -2.30. The Balaban J connectivity index is 0.960. The number of H-pyrrole nitrogens is 2. The molecule has 1 aliphatic carbocycles. The Bertz CT molecular complexity index is 2140. The fourth-order valence-electron chi connectivity index (χ4n) is 7.89.